The molecule has 5 nitrogen and oxygen atoms in total. The first-order valence-electron chi connectivity index (χ1n) is 6.54. The van der Waals surface area contributed by atoms with Crippen LogP contribution in [-0.4, -0.2) is 19.6 Å². The van der Waals surface area contributed by atoms with Gasteiger partial charge in [0.15, 0.2) is 11.1 Å². The lowest BCUT2D eigenvalue weighted by atomic mass is 10.1. The Hall–Kier alpha value is -2.61. The van der Waals surface area contributed by atoms with E-state index < -0.39 is 17.1 Å². The first kappa shape index (κ1) is 14.0. The number of fused-ring (bicyclic) bond motifs is 2. The lowest BCUT2D eigenvalue weighted by Crippen LogP contribution is -2.06. The van der Waals surface area contributed by atoms with Crippen molar-refractivity contribution in [2.75, 3.05) is 0 Å². The third kappa shape index (κ3) is 2.22. The van der Waals surface area contributed by atoms with Crippen LogP contribution in [0.5, 0.6) is 0 Å². The zero-order valence-corrected chi connectivity index (χ0v) is 12.9. The maximum absolute atomic E-state index is 13.8. The number of rotatable bonds is 1. The molecular formula is C15H7BrF2N4O. The number of benzene rings is 1. The smallest absolute Gasteiger partial charge is 0.192 e. The Morgan fingerprint density at radius 3 is 2.83 bits per heavy atom. The summed E-state index contributed by atoms with van der Waals surface area (Å²) in [4.78, 5) is 19.2. The second kappa shape index (κ2) is 4.95. The zero-order chi connectivity index (χ0) is 16.1. The molecule has 0 fully saturated rings. The second-order valence-electron chi connectivity index (χ2n) is 4.96. The SMILES string of the molecule is O=c1cc(-c2cc3ncnn3cc2Br)[nH]c2cc(F)cc(F)c12. The van der Waals surface area contributed by atoms with Crippen LogP contribution in [-0.2, 0) is 0 Å². The van der Waals surface area contributed by atoms with Crippen LogP contribution in [0.2, 0.25) is 0 Å². The van der Waals surface area contributed by atoms with Gasteiger partial charge in [-0.05, 0) is 28.1 Å². The van der Waals surface area contributed by atoms with Gasteiger partial charge in [0.25, 0.3) is 0 Å². The minimum Gasteiger partial charge on any atom is -0.354 e. The van der Waals surface area contributed by atoms with Crippen molar-refractivity contribution in [3.05, 3.63) is 63.1 Å². The Kier molecular flexibility index (Phi) is 3.02. The Bertz CT molecular complexity index is 1140. The van der Waals surface area contributed by atoms with Gasteiger partial charge in [0, 0.05) is 28.4 Å². The van der Waals surface area contributed by atoms with Crippen LogP contribution in [0.25, 0.3) is 27.8 Å². The zero-order valence-electron chi connectivity index (χ0n) is 11.3. The number of H-pyrrole nitrogens is 1. The van der Waals surface area contributed by atoms with E-state index in [1.807, 2.05) is 0 Å². The quantitative estimate of drug-likeness (QED) is 0.554. The van der Waals surface area contributed by atoms with E-state index in [0.717, 1.165) is 6.07 Å². The highest BCUT2D eigenvalue weighted by Gasteiger charge is 2.13. The van der Waals surface area contributed by atoms with Crippen LogP contribution in [0.4, 0.5) is 8.78 Å². The molecule has 8 heteroatoms. The summed E-state index contributed by atoms with van der Waals surface area (Å²) in [6, 6.07) is 4.77. The summed E-state index contributed by atoms with van der Waals surface area (Å²) in [6.45, 7) is 0. The normalized spacial score (nSPS) is 11.4. The van der Waals surface area contributed by atoms with Gasteiger partial charge in [-0.25, -0.2) is 18.3 Å². The minimum absolute atomic E-state index is 0.0956. The van der Waals surface area contributed by atoms with E-state index in [1.54, 1.807) is 16.8 Å². The average Bonchev–Trinajstić information content (AvgIpc) is 2.92. The first-order chi connectivity index (χ1) is 11.0. The lowest BCUT2D eigenvalue weighted by molar-refractivity contribution is 0.591. The lowest BCUT2D eigenvalue weighted by Gasteiger charge is -2.08. The predicted molar refractivity (Wildman–Crippen MR) is 84.2 cm³/mol. The third-order valence-corrected chi connectivity index (χ3v) is 4.14. The second-order valence-corrected chi connectivity index (χ2v) is 5.81. The van der Waals surface area contributed by atoms with Gasteiger partial charge < -0.3 is 4.98 Å². The molecule has 0 aliphatic rings. The number of halogens is 3. The molecule has 0 atom stereocenters. The number of pyridine rings is 2. The molecule has 0 unspecified atom stereocenters. The molecule has 23 heavy (non-hydrogen) atoms. The molecular weight excluding hydrogens is 370 g/mol. The van der Waals surface area contributed by atoms with E-state index in [1.165, 1.54) is 12.4 Å². The van der Waals surface area contributed by atoms with Crippen LogP contribution >= 0.6 is 15.9 Å². The standard InChI is InChI=1S/C15H7BrF2N4O/c16-9-5-22-14(19-6-20-22)3-8(9)11-4-13(23)15-10(18)1-7(17)2-12(15)21-11/h1-6H,(H,21,23). The molecule has 0 aliphatic heterocycles. The van der Waals surface area contributed by atoms with Crippen molar-refractivity contribution in [3.8, 4) is 11.3 Å². The largest absolute Gasteiger partial charge is 0.354 e. The topological polar surface area (TPSA) is 63.1 Å². The Morgan fingerprint density at radius 1 is 1.17 bits per heavy atom. The van der Waals surface area contributed by atoms with E-state index in [-0.39, 0.29) is 10.9 Å². The van der Waals surface area contributed by atoms with Gasteiger partial charge in [0.1, 0.15) is 18.0 Å². The monoisotopic (exact) mass is 376 g/mol. The van der Waals surface area contributed by atoms with E-state index in [4.69, 9.17) is 0 Å². The number of hydrogen-bond acceptors (Lipinski definition) is 3. The fraction of sp³-hybridized carbons (Fsp3) is 0. The van der Waals surface area contributed by atoms with Crippen molar-refractivity contribution in [1.29, 1.82) is 0 Å². The highest BCUT2D eigenvalue weighted by atomic mass is 79.9. The molecule has 0 amide bonds. The van der Waals surface area contributed by atoms with Crippen molar-refractivity contribution in [3.63, 3.8) is 0 Å². The van der Waals surface area contributed by atoms with Gasteiger partial charge in [-0.3, -0.25) is 4.79 Å². The summed E-state index contributed by atoms with van der Waals surface area (Å²) in [6.07, 6.45) is 3.09. The Morgan fingerprint density at radius 2 is 2.00 bits per heavy atom. The summed E-state index contributed by atoms with van der Waals surface area (Å²) >= 11 is 3.40. The summed E-state index contributed by atoms with van der Waals surface area (Å²) in [7, 11) is 0. The maximum atomic E-state index is 13.8. The number of nitrogens with zero attached hydrogens (tertiary/aromatic N) is 3. The summed E-state index contributed by atoms with van der Waals surface area (Å²) in [5.74, 6) is -1.64. The molecule has 114 valence electrons. The molecule has 0 bridgehead atoms. The van der Waals surface area contributed by atoms with Crippen LogP contribution in [0.15, 0.2) is 46.1 Å². The molecule has 0 spiro atoms. The number of aromatic amines is 1. The number of nitrogens with one attached hydrogen (secondary N) is 1. The van der Waals surface area contributed by atoms with Crippen molar-refractivity contribution in [1.82, 2.24) is 19.6 Å². The average molecular weight is 377 g/mol. The van der Waals surface area contributed by atoms with Crippen LogP contribution in [0.1, 0.15) is 0 Å². The fourth-order valence-corrected chi connectivity index (χ4v) is 3.02. The van der Waals surface area contributed by atoms with Crippen molar-refractivity contribution >= 4 is 32.5 Å². The van der Waals surface area contributed by atoms with Crippen molar-refractivity contribution in [2.45, 2.75) is 0 Å². The van der Waals surface area contributed by atoms with Gasteiger partial charge in [-0.1, -0.05) is 0 Å². The molecule has 0 aliphatic carbocycles. The fourth-order valence-electron chi connectivity index (χ4n) is 2.50. The molecule has 0 saturated heterocycles. The van der Waals surface area contributed by atoms with Crippen LogP contribution in [0.3, 0.4) is 0 Å². The van der Waals surface area contributed by atoms with Gasteiger partial charge in [0.05, 0.1) is 16.6 Å². The number of hydrogen-bond donors (Lipinski definition) is 1. The Balaban J connectivity index is 2.04. The van der Waals surface area contributed by atoms with Gasteiger partial charge >= 0.3 is 0 Å². The molecule has 1 aromatic carbocycles. The summed E-state index contributed by atoms with van der Waals surface area (Å²) in [5, 5.41) is 3.84. The van der Waals surface area contributed by atoms with Crippen molar-refractivity contribution < 1.29 is 8.78 Å². The molecule has 3 heterocycles. The molecule has 0 radical (unpaired) electrons. The van der Waals surface area contributed by atoms with E-state index in [0.29, 0.717) is 27.4 Å². The third-order valence-electron chi connectivity index (χ3n) is 3.50. The van der Waals surface area contributed by atoms with Crippen LogP contribution in [0, 0.1) is 11.6 Å². The van der Waals surface area contributed by atoms with Gasteiger partial charge in [-0.15, -0.1) is 0 Å². The van der Waals surface area contributed by atoms with E-state index >= 15 is 0 Å². The minimum atomic E-state index is -0.889. The van der Waals surface area contributed by atoms with Gasteiger partial charge in [-0.2, -0.15) is 5.10 Å². The van der Waals surface area contributed by atoms with E-state index in [9.17, 15) is 13.6 Å². The molecule has 0 saturated carbocycles. The summed E-state index contributed by atoms with van der Waals surface area (Å²) in [5.41, 5.74) is 1.20. The molecule has 4 rings (SSSR count). The van der Waals surface area contributed by atoms with Crippen LogP contribution < -0.4 is 5.43 Å². The Labute approximate surface area is 135 Å². The number of aromatic nitrogens is 4. The maximum Gasteiger partial charge on any atom is 0.192 e. The summed E-state index contributed by atoms with van der Waals surface area (Å²) < 4.78 is 29.4. The molecule has 3 aromatic heterocycles. The molecule has 4 aromatic rings. The highest BCUT2D eigenvalue weighted by Crippen LogP contribution is 2.28. The molecule has 1 N–H and O–H groups in total. The predicted octanol–water partition coefficient (Wildman–Crippen LogP) is 3.28. The first-order valence-corrected chi connectivity index (χ1v) is 7.33. The van der Waals surface area contributed by atoms with Gasteiger partial charge in [0.2, 0.25) is 0 Å². The van der Waals surface area contributed by atoms with Crippen molar-refractivity contribution in [2.24, 2.45) is 0 Å². The highest BCUT2D eigenvalue weighted by molar-refractivity contribution is 9.10. The van der Waals surface area contributed by atoms with E-state index in [2.05, 4.69) is 31.0 Å².